The van der Waals surface area contributed by atoms with Crippen LogP contribution in [0, 0.1) is 6.92 Å². The predicted molar refractivity (Wildman–Crippen MR) is 82.8 cm³/mol. The molecule has 2 rings (SSSR count). The lowest BCUT2D eigenvalue weighted by Gasteiger charge is -2.19. The van der Waals surface area contributed by atoms with Crippen LogP contribution in [0.15, 0.2) is 26.2 Å². The quantitative estimate of drug-likeness (QED) is 0.490. The van der Waals surface area contributed by atoms with Crippen LogP contribution in [0.5, 0.6) is 0 Å². The molecule has 0 saturated carbocycles. The van der Waals surface area contributed by atoms with Gasteiger partial charge in [-0.3, -0.25) is 0 Å². The normalized spacial score (nSPS) is 12.9. The minimum absolute atomic E-state index is 0.00795. The van der Waals surface area contributed by atoms with Crippen LogP contribution in [-0.2, 0) is 6.18 Å². The molecule has 0 bridgehead atoms. The standard InChI is InChI=1S/C15H14ClF3O2S/c1-7-8-5-6-9(22-14(2,3)4)11(16)12(8)21-13(20)10(7)15(17,18)19/h5-6H,1-4H3. The van der Waals surface area contributed by atoms with E-state index in [1.807, 2.05) is 20.8 Å². The molecule has 2 nitrogen and oxygen atoms in total. The van der Waals surface area contributed by atoms with Crippen LogP contribution in [0.1, 0.15) is 31.9 Å². The van der Waals surface area contributed by atoms with Crippen molar-refractivity contribution >= 4 is 34.3 Å². The number of thioether (sulfide) groups is 1. The van der Waals surface area contributed by atoms with Crippen molar-refractivity contribution in [2.45, 2.75) is 43.5 Å². The summed E-state index contributed by atoms with van der Waals surface area (Å²) in [5.41, 5.74) is -2.89. The largest absolute Gasteiger partial charge is 0.423 e. The summed E-state index contributed by atoms with van der Waals surface area (Å²) >= 11 is 7.67. The van der Waals surface area contributed by atoms with Crippen molar-refractivity contribution in [1.29, 1.82) is 0 Å². The second kappa shape index (κ2) is 5.49. The Morgan fingerprint density at radius 1 is 1.18 bits per heavy atom. The molecule has 1 aromatic heterocycles. The van der Waals surface area contributed by atoms with Crippen LogP contribution in [-0.4, -0.2) is 4.75 Å². The number of alkyl halides is 3. The van der Waals surface area contributed by atoms with Crippen LogP contribution >= 0.6 is 23.4 Å². The van der Waals surface area contributed by atoms with E-state index in [-0.39, 0.29) is 26.3 Å². The Bertz CT molecular complexity index is 788. The zero-order valence-corrected chi connectivity index (χ0v) is 14.0. The van der Waals surface area contributed by atoms with E-state index in [1.165, 1.54) is 24.8 Å². The maximum Gasteiger partial charge on any atom is 0.423 e. The molecule has 0 radical (unpaired) electrons. The first-order chi connectivity index (χ1) is 9.92. The fourth-order valence-electron chi connectivity index (χ4n) is 2.10. The molecule has 22 heavy (non-hydrogen) atoms. The van der Waals surface area contributed by atoms with Gasteiger partial charge >= 0.3 is 11.8 Å². The van der Waals surface area contributed by atoms with Crippen LogP contribution in [0.2, 0.25) is 5.02 Å². The molecule has 0 fully saturated rings. The fourth-order valence-corrected chi connectivity index (χ4v) is 3.40. The maximum absolute atomic E-state index is 12.9. The molecule has 0 aliphatic heterocycles. The van der Waals surface area contributed by atoms with E-state index in [4.69, 9.17) is 16.0 Å². The first-order valence-electron chi connectivity index (χ1n) is 6.44. The minimum Gasteiger partial charge on any atom is -0.421 e. The molecular weight excluding hydrogens is 337 g/mol. The molecule has 0 saturated heterocycles. The highest BCUT2D eigenvalue weighted by Crippen LogP contribution is 2.41. The lowest BCUT2D eigenvalue weighted by Crippen LogP contribution is -2.20. The summed E-state index contributed by atoms with van der Waals surface area (Å²) in [6.45, 7) is 7.18. The van der Waals surface area contributed by atoms with Gasteiger partial charge in [0.2, 0.25) is 0 Å². The molecular formula is C15H14ClF3O2S. The molecule has 1 heterocycles. The fraction of sp³-hybridized carbons (Fsp3) is 0.400. The first kappa shape index (κ1) is 17.2. The molecule has 0 N–H and O–H groups in total. The van der Waals surface area contributed by atoms with Gasteiger partial charge in [0.25, 0.3) is 0 Å². The van der Waals surface area contributed by atoms with E-state index >= 15 is 0 Å². The van der Waals surface area contributed by atoms with Crippen molar-refractivity contribution in [3.63, 3.8) is 0 Å². The number of benzene rings is 1. The molecule has 0 atom stereocenters. The highest BCUT2D eigenvalue weighted by atomic mass is 35.5. The Kier molecular flexibility index (Phi) is 4.30. The van der Waals surface area contributed by atoms with E-state index in [0.717, 1.165) is 0 Å². The number of hydrogen-bond acceptors (Lipinski definition) is 3. The topological polar surface area (TPSA) is 30.2 Å². The highest BCUT2D eigenvalue weighted by Gasteiger charge is 2.38. The second-order valence-corrected chi connectivity index (χ2v) is 8.10. The van der Waals surface area contributed by atoms with Gasteiger partial charge in [0.1, 0.15) is 5.56 Å². The third-order valence-electron chi connectivity index (χ3n) is 2.94. The summed E-state index contributed by atoms with van der Waals surface area (Å²) in [5.74, 6) is 0. The summed E-state index contributed by atoms with van der Waals surface area (Å²) in [5, 5.41) is 0.349. The highest BCUT2D eigenvalue weighted by molar-refractivity contribution is 8.00. The zero-order valence-electron chi connectivity index (χ0n) is 12.4. The molecule has 120 valence electrons. The summed E-state index contributed by atoms with van der Waals surface area (Å²) in [6, 6.07) is 3.15. The van der Waals surface area contributed by atoms with Gasteiger partial charge < -0.3 is 4.42 Å². The van der Waals surface area contributed by atoms with Gasteiger partial charge in [-0.25, -0.2) is 4.79 Å². The third-order valence-corrected chi connectivity index (χ3v) is 4.60. The summed E-state index contributed by atoms with van der Waals surface area (Å²) in [7, 11) is 0. The molecule has 2 aromatic rings. The van der Waals surface area contributed by atoms with Crippen LogP contribution < -0.4 is 5.63 Å². The van der Waals surface area contributed by atoms with Crippen LogP contribution in [0.3, 0.4) is 0 Å². The van der Waals surface area contributed by atoms with E-state index in [2.05, 4.69) is 0 Å². The Balaban J connectivity index is 2.76. The van der Waals surface area contributed by atoms with E-state index < -0.39 is 17.4 Å². The van der Waals surface area contributed by atoms with Crippen molar-refractivity contribution in [2.75, 3.05) is 0 Å². The summed E-state index contributed by atoms with van der Waals surface area (Å²) in [6.07, 6.45) is -4.76. The Morgan fingerprint density at radius 3 is 2.27 bits per heavy atom. The zero-order chi connectivity index (χ0) is 16.9. The summed E-state index contributed by atoms with van der Waals surface area (Å²) < 4.78 is 43.6. The third kappa shape index (κ3) is 3.27. The lowest BCUT2D eigenvalue weighted by atomic mass is 10.1. The molecule has 7 heteroatoms. The molecule has 0 spiro atoms. The predicted octanol–water partition coefficient (Wildman–Crippen LogP) is 5.66. The molecule has 0 unspecified atom stereocenters. The monoisotopic (exact) mass is 350 g/mol. The van der Waals surface area contributed by atoms with Gasteiger partial charge in [-0.05, 0) is 24.6 Å². The Labute approximate surface area is 134 Å². The van der Waals surface area contributed by atoms with Crippen molar-refractivity contribution in [2.24, 2.45) is 0 Å². The minimum atomic E-state index is -4.76. The number of rotatable bonds is 1. The number of hydrogen-bond donors (Lipinski definition) is 0. The number of aryl methyl sites for hydroxylation is 1. The van der Waals surface area contributed by atoms with Crippen molar-refractivity contribution in [3.05, 3.63) is 38.7 Å². The van der Waals surface area contributed by atoms with Gasteiger partial charge in [0.15, 0.2) is 5.58 Å². The van der Waals surface area contributed by atoms with Gasteiger partial charge in [0.05, 0.1) is 5.02 Å². The Hall–Kier alpha value is -1.14. The van der Waals surface area contributed by atoms with Crippen LogP contribution in [0.25, 0.3) is 11.0 Å². The van der Waals surface area contributed by atoms with Gasteiger partial charge in [0, 0.05) is 15.0 Å². The average Bonchev–Trinajstić information content (AvgIpc) is 2.30. The Morgan fingerprint density at radius 2 is 1.77 bits per heavy atom. The van der Waals surface area contributed by atoms with Crippen molar-refractivity contribution < 1.29 is 17.6 Å². The molecule has 1 aromatic carbocycles. The lowest BCUT2D eigenvalue weighted by molar-refractivity contribution is -0.140. The van der Waals surface area contributed by atoms with E-state index in [9.17, 15) is 18.0 Å². The smallest absolute Gasteiger partial charge is 0.421 e. The molecule has 0 aliphatic carbocycles. The van der Waals surface area contributed by atoms with Gasteiger partial charge in [-0.2, -0.15) is 13.2 Å². The van der Waals surface area contributed by atoms with Gasteiger partial charge in [-0.15, -0.1) is 11.8 Å². The number of fused-ring (bicyclic) bond motifs is 1. The second-order valence-electron chi connectivity index (χ2n) is 5.86. The van der Waals surface area contributed by atoms with Crippen molar-refractivity contribution in [3.8, 4) is 0 Å². The van der Waals surface area contributed by atoms with Crippen molar-refractivity contribution in [1.82, 2.24) is 0 Å². The number of halogens is 4. The van der Waals surface area contributed by atoms with Gasteiger partial charge in [-0.1, -0.05) is 32.4 Å². The molecule has 0 amide bonds. The average molecular weight is 351 g/mol. The maximum atomic E-state index is 12.9. The first-order valence-corrected chi connectivity index (χ1v) is 7.63. The van der Waals surface area contributed by atoms with E-state index in [0.29, 0.717) is 4.90 Å². The van der Waals surface area contributed by atoms with Crippen LogP contribution in [0.4, 0.5) is 13.2 Å². The SMILES string of the molecule is Cc1c(C(F)(F)F)c(=O)oc2c(Cl)c(SC(C)(C)C)ccc12. The summed E-state index contributed by atoms with van der Waals surface area (Å²) in [4.78, 5) is 12.4. The molecule has 0 aliphatic rings. The van der Waals surface area contributed by atoms with E-state index in [1.54, 1.807) is 6.07 Å².